The fourth-order valence-corrected chi connectivity index (χ4v) is 1.83. The highest BCUT2D eigenvalue weighted by Crippen LogP contribution is 2.28. The van der Waals surface area contributed by atoms with Crippen LogP contribution in [0, 0.1) is 0 Å². The number of hydrogen-bond acceptors (Lipinski definition) is 4. The van der Waals surface area contributed by atoms with Crippen LogP contribution in [0.1, 0.15) is 0 Å². The Kier molecular flexibility index (Phi) is 4.63. The lowest BCUT2D eigenvalue weighted by Crippen LogP contribution is -2.22. The molecule has 1 rings (SSSR count). The van der Waals surface area contributed by atoms with Crippen molar-refractivity contribution in [2.45, 2.75) is 0 Å². The molecule has 0 unspecified atom stereocenters. The number of halogens is 3. The van der Waals surface area contributed by atoms with E-state index in [2.05, 4.69) is 10.3 Å². The summed E-state index contributed by atoms with van der Waals surface area (Å²) in [5.74, 6) is 0.0327. The quantitative estimate of drug-likeness (QED) is 0.830. The molecule has 0 aromatic carbocycles. The Balaban J connectivity index is 2.71. The van der Waals surface area contributed by atoms with Crippen molar-refractivity contribution >= 4 is 50.6 Å². The number of rotatable bonds is 4. The van der Waals surface area contributed by atoms with Crippen molar-refractivity contribution in [1.29, 1.82) is 0 Å². The fraction of sp³-hybridized carbons (Fsp3) is 0.286. The van der Waals surface area contributed by atoms with Crippen LogP contribution in [-0.2, 0) is 10.0 Å². The highest BCUT2D eigenvalue weighted by atomic mass is 35.5. The van der Waals surface area contributed by atoms with Crippen LogP contribution >= 0.6 is 34.8 Å². The predicted octanol–water partition coefficient (Wildman–Crippen LogP) is 1.74. The number of pyridine rings is 1. The first-order chi connectivity index (χ1) is 7.29. The lowest BCUT2D eigenvalue weighted by Gasteiger charge is -2.07. The first-order valence-electron chi connectivity index (χ1n) is 4.05. The number of sulfonamides is 1. The Morgan fingerprint density at radius 3 is 2.50 bits per heavy atom. The van der Waals surface area contributed by atoms with Crippen molar-refractivity contribution in [3.8, 4) is 0 Å². The van der Waals surface area contributed by atoms with E-state index in [1.807, 2.05) is 0 Å². The first kappa shape index (κ1) is 13.8. The van der Waals surface area contributed by atoms with Gasteiger partial charge < -0.3 is 5.32 Å². The monoisotopic (exact) mass is 303 g/mol. The molecule has 9 heteroatoms. The Labute approximate surface area is 108 Å². The van der Waals surface area contributed by atoms with Crippen molar-refractivity contribution < 1.29 is 8.42 Å². The molecule has 0 bridgehead atoms. The molecule has 0 saturated heterocycles. The summed E-state index contributed by atoms with van der Waals surface area (Å²) in [5.41, 5.74) is 0. The summed E-state index contributed by atoms with van der Waals surface area (Å²) in [7, 11) is -3.52. The maximum Gasteiger partial charge on any atom is 0.210 e. The molecule has 0 saturated carbocycles. The summed E-state index contributed by atoms with van der Waals surface area (Å²) < 4.78 is 21.3. The second-order valence-electron chi connectivity index (χ2n) is 2.89. The number of nitrogens with zero attached hydrogens (tertiary/aromatic N) is 1. The van der Waals surface area contributed by atoms with Gasteiger partial charge in [0, 0.05) is 6.54 Å². The summed E-state index contributed by atoms with van der Waals surface area (Å²) in [6, 6.07) is 1.41. The van der Waals surface area contributed by atoms with E-state index in [1.165, 1.54) is 6.07 Å². The molecule has 0 radical (unpaired) electrons. The molecule has 0 fully saturated rings. The van der Waals surface area contributed by atoms with Gasteiger partial charge in [0.2, 0.25) is 10.0 Å². The molecule has 1 aromatic heterocycles. The van der Waals surface area contributed by atoms with Crippen molar-refractivity contribution in [2.24, 2.45) is 5.14 Å². The minimum atomic E-state index is -3.52. The van der Waals surface area contributed by atoms with Gasteiger partial charge in [-0.1, -0.05) is 34.8 Å². The van der Waals surface area contributed by atoms with Crippen molar-refractivity contribution in [3.05, 3.63) is 21.3 Å². The second-order valence-corrected chi connectivity index (χ2v) is 5.79. The molecular formula is C7H8Cl3N3O2S. The van der Waals surface area contributed by atoms with E-state index in [1.54, 1.807) is 0 Å². The van der Waals surface area contributed by atoms with Crippen molar-refractivity contribution in [2.75, 3.05) is 17.6 Å². The van der Waals surface area contributed by atoms with Crippen molar-refractivity contribution in [3.63, 3.8) is 0 Å². The van der Waals surface area contributed by atoms with E-state index < -0.39 is 10.0 Å². The summed E-state index contributed by atoms with van der Waals surface area (Å²) in [6.07, 6.45) is 0. The average Bonchev–Trinajstić information content (AvgIpc) is 2.11. The molecule has 5 nitrogen and oxygen atoms in total. The minimum Gasteiger partial charge on any atom is -0.368 e. The average molecular weight is 305 g/mol. The molecular weight excluding hydrogens is 297 g/mol. The highest BCUT2D eigenvalue weighted by Gasteiger charge is 2.08. The van der Waals surface area contributed by atoms with Gasteiger partial charge in [-0.2, -0.15) is 0 Å². The third kappa shape index (κ3) is 4.31. The van der Waals surface area contributed by atoms with Crippen LogP contribution in [-0.4, -0.2) is 25.7 Å². The molecule has 0 amide bonds. The Morgan fingerprint density at radius 2 is 1.94 bits per heavy atom. The molecule has 0 aliphatic heterocycles. The zero-order valence-corrected chi connectivity index (χ0v) is 11.0. The molecule has 16 heavy (non-hydrogen) atoms. The van der Waals surface area contributed by atoms with Gasteiger partial charge in [0.25, 0.3) is 0 Å². The van der Waals surface area contributed by atoms with Crippen LogP contribution < -0.4 is 10.5 Å². The summed E-state index contributed by atoms with van der Waals surface area (Å²) >= 11 is 17.1. The lowest BCUT2D eigenvalue weighted by atomic mass is 10.4. The molecule has 0 spiro atoms. The van der Waals surface area contributed by atoms with E-state index in [0.717, 1.165) is 0 Å². The van der Waals surface area contributed by atoms with Gasteiger partial charge in [0.1, 0.15) is 11.0 Å². The molecule has 90 valence electrons. The fourth-order valence-electron chi connectivity index (χ4n) is 0.880. The Hall–Kier alpha value is -0.270. The maximum atomic E-state index is 10.7. The van der Waals surface area contributed by atoms with Gasteiger partial charge in [0.15, 0.2) is 0 Å². The second kappa shape index (κ2) is 5.37. The molecule has 0 atom stereocenters. The van der Waals surface area contributed by atoms with E-state index in [4.69, 9.17) is 39.9 Å². The third-order valence-corrected chi connectivity index (χ3v) is 3.30. The summed E-state index contributed by atoms with van der Waals surface area (Å²) in [6.45, 7) is 0.0868. The molecule has 1 heterocycles. The van der Waals surface area contributed by atoms with Crippen LogP contribution in [0.5, 0.6) is 0 Å². The summed E-state index contributed by atoms with van der Waals surface area (Å²) in [5, 5.41) is 8.08. The standard InChI is InChI=1S/C7H8Cl3N3O2S/c8-4-3-5(9)7(13-6(4)10)12-1-2-16(11,14)15/h3H,1-2H2,(H,12,13)(H2,11,14,15). The number of aromatic nitrogens is 1. The number of nitrogens with one attached hydrogen (secondary N) is 1. The largest absolute Gasteiger partial charge is 0.368 e. The molecule has 1 aromatic rings. The predicted molar refractivity (Wildman–Crippen MR) is 65.7 cm³/mol. The topological polar surface area (TPSA) is 85.1 Å². The number of nitrogens with two attached hydrogens (primary N) is 1. The zero-order chi connectivity index (χ0) is 12.3. The Bertz CT molecular complexity index is 492. The minimum absolute atomic E-state index is 0.0868. The summed E-state index contributed by atoms with van der Waals surface area (Å²) in [4.78, 5) is 3.85. The van der Waals surface area contributed by atoms with Crippen molar-refractivity contribution in [1.82, 2.24) is 4.98 Å². The van der Waals surface area contributed by atoms with Gasteiger partial charge in [-0.05, 0) is 6.07 Å². The van der Waals surface area contributed by atoms with E-state index >= 15 is 0 Å². The smallest absolute Gasteiger partial charge is 0.210 e. The molecule has 0 aliphatic rings. The van der Waals surface area contributed by atoms with E-state index in [-0.39, 0.29) is 33.3 Å². The van der Waals surface area contributed by atoms with Crippen LogP contribution in [0.15, 0.2) is 6.07 Å². The van der Waals surface area contributed by atoms with Gasteiger partial charge in [0.05, 0.1) is 15.8 Å². The Morgan fingerprint density at radius 1 is 1.31 bits per heavy atom. The van der Waals surface area contributed by atoms with Crippen LogP contribution in [0.3, 0.4) is 0 Å². The number of anilines is 1. The van der Waals surface area contributed by atoms with E-state index in [0.29, 0.717) is 0 Å². The third-order valence-electron chi connectivity index (χ3n) is 1.57. The highest BCUT2D eigenvalue weighted by molar-refractivity contribution is 7.89. The number of hydrogen-bond donors (Lipinski definition) is 2. The van der Waals surface area contributed by atoms with E-state index in [9.17, 15) is 8.42 Å². The van der Waals surface area contributed by atoms with Crippen LogP contribution in [0.4, 0.5) is 5.82 Å². The van der Waals surface area contributed by atoms with Gasteiger partial charge in [-0.15, -0.1) is 0 Å². The first-order valence-corrected chi connectivity index (χ1v) is 6.90. The normalized spacial score (nSPS) is 11.5. The number of primary sulfonamides is 1. The zero-order valence-electron chi connectivity index (χ0n) is 7.87. The van der Waals surface area contributed by atoms with Gasteiger partial charge in [-0.25, -0.2) is 18.5 Å². The maximum absolute atomic E-state index is 10.7. The SMILES string of the molecule is NS(=O)(=O)CCNc1nc(Cl)c(Cl)cc1Cl. The molecule has 3 N–H and O–H groups in total. The molecule has 0 aliphatic carbocycles. The van der Waals surface area contributed by atoms with Gasteiger partial charge in [-0.3, -0.25) is 0 Å². The lowest BCUT2D eigenvalue weighted by molar-refractivity contribution is 0.598. The van der Waals surface area contributed by atoms with Crippen LogP contribution in [0.2, 0.25) is 15.2 Å². The van der Waals surface area contributed by atoms with Crippen LogP contribution in [0.25, 0.3) is 0 Å². The van der Waals surface area contributed by atoms with Gasteiger partial charge >= 0.3 is 0 Å².